The molecule has 2 aromatic heterocycles. The first kappa shape index (κ1) is 25.9. The van der Waals surface area contributed by atoms with Gasteiger partial charge in [-0.3, -0.25) is 9.36 Å². The number of carbonyl (C=O) groups excluding carboxylic acids is 2. The third-order valence-corrected chi connectivity index (χ3v) is 4.94. The number of aliphatic carboxylic acids is 1. The highest BCUT2D eigenvalue weighted by Crippen LogP contribution is 2.09. The summed E-state index contributed by atoms with van der Waals surface area (Å²) in [5.41, 5.74) is 0.579. The summed E-state index contributed by atoms with van der Waals surface area (Å²) < 4.78 is 6.15. The number of anilines is 2. The number of aromatic nitrogens is 3. The molecule has 0 aliphatic carbocycles. The van der Waals surface area contributed by atoms with E-state index in [4.69, 9.17) is 4.74 Å². The Bertz CT molecular complexity index is 1250. The molecular formula is C24H26N6O6. The molecule has 0 saturated heterocycles. The fourth-order valence-corrected chi connectivity index (χ4v) is 3.13. The van der Waals surface area contributed by atoms with Crippen molar-refractivity contribution in [2.75, 3.05) is 17.2 Å². The van der Waals surface area contributed by atoms with Crippen LogP contribution in [0, 0.1) is 6.92 Å². The monoisotopic (exact) mass is 494 g/mol. The number of amides is 2. The summed E-state index contributed by atoms with van der Waals surface area (Å²) in [7, 11) is 0. The fourth-order valence-electron chi connectivity index (χ4n) is 3.13. The van der Waals surface area contributed by atoms with Gasteiger partial charge in [-0.15, -0.1) is 0 Å². The van der Waals surface area contributed by atoms with Gasteiger partial charge in [0.25, 0.3) is 0 Å². The molecule has 0 aliphatic rings. The number of pyridine rings is 1. The Hall–Kier alpha value is -4.74. The molecule has 0 radical (unpaired) electrons. The molecule has 4 N–H and O–H groups in total. The van der Waals surface area contributed by atoms with Gasteiger partial charge in [0.2, 0.25) is 5.91 Å². The molecule has 188 valence electrons. The first-order chi connectivity index (χ1) is 17.3. The summed E-state index contributed by atoms with van der Waals surface area (Å²) in [6.45, 7) is 1.51. The maximum absolute atomic E-state index is 12.5. The first-order valence-electron chi connectivity index (χ1n) is 11.0. The van der Waals surface area contributed by atoms with E-state index in [-0.39, 0.29) is 37.8 Å². The molecule has 2 heterocycles. The van der Waals surface area contributed by atoms with Crippen LogP contribution in [0.4, 0.5) is 16.4 Å². The van der Waals surface area contributed by atoms with E-state index in [1.807, 2.05) is 6.07 Å². The predicted molar refractivity (Wildman–Crippen MR) is 130 cm³/mol. The molecule has 1 aromatic carbocycles. The van der Waals surface area contributed by atoms with Gasteiger partial charge < -0.3 is 25.8 Å². The molecule has 3 rings (SSSR count). The van der Waals surface area contributed by atoms with E-state index in [1.165, 1.54) is 6.20 Å². The molecule has 1 atom stereocenters. The predicted octanol–water partition coefficient (Wildman–Crippen LogP) is 1.77. The van der Waals surface area contributed by atoms with Crippen LogP contribution in [0.2, 0.25) is 0 Å². The molecule has 36 heavy (non-hydrogen) atoms. The second-order valence-electron chi connectivity index (χ2n) is 7.74. The second-order valence-corrected chi connectivity index (χ2v) is 7.74. The van der Waals surface area contributed by atoms with Crippen molar-refractivity contribution in [2.45, 2.75) is 32.5 Å². The third-order valence-electron chi connectivity index (χ3n) is 4.94. The van der Waals surface area contributed by atoms with E-state index in [0.717, 1.165) is 10.1 Å². The third kappa shape index (κ3) is 7.94. The quantitative estimate of drug-likeness (QED) is 0.311. The minimum atomic E-state index is -1.42. The van der Waals surface area contributed by atoms with Crippen LogP contribution in [0.3, 0.4) is 0 Å². The Morgan fingerprint density at radius 1 is 1.11 bits per heavy atom. The zero-order valence-electron chi connectivity index (χ0n) is 19.5. The van der Waals surface area contributed by atoms with Crippen molar-refractivity contribution < 1.29 is 24.2 Å². The summed E-state index contributed by atoms with van der Waals surface area (Å²) in [5, 5.41) is 17.3. The van der Waals surface area contributed by atoms with E-state index in [2.05, 4.69) is 25.9 Å². The van der Waals surface area contributed by atoms with Crippen molar-refractivity contribution in [1.29, 1.82) is 0 Å². The van der Waals surface area contributed by atoms with Crippen molar-refractivity contribution >= 4 is 29.6 Å². The summed E-state index contributed by atoms with van der Waals surface area (Å²) >= 11 is 0. The van der Waals surface area contributed by atoms with Crippen molar-refractivity contribution in [3.63, 3.8) is 0 Å². The average Bonchev–Trinajstić information content (AvgIpc) is 2.86. The van der Waals surface area contributed by atoms with Gasteiger partial charge in [0, 0.05) is 30.9 Å². The Morgan fingerprint density at radius 3 is 2.56 bits per heavy atom. The maximum Gasteiger partial charge on any atom is 0.408 e. The van der Waals surface area contributed by atoms with Crippen LogP contribution in [0.25, 0.3) is 0 Å². The van der Waals surface area contributed by atoms with Crippen LogP contribution in [0.15, 0.2) is 65.7 Å². The largest absolute Gasteiger partial charge is 0.480 e. The van der Waals surface area contributed by atoms with Crippen LogP contribution >= 0.6 is 0 Å². The van der Waals surface area contributed by atoms with Crippen molar-refractivity contribution in [1.82, 2.24) is 19.9 Å². The number of aryl methyl sites for hydroxylation is 1. The standard InChI is InChI=1S/C24H26N6O6/c1-16-13-30(14-18(22(32)33)27-24(35)36-15-17-7-3-2-4-8-17)23(34)29-21(16)26-12-10-20(31)28-19-9-5-6-11-25-19/h2-9,11,13,18H,10,12,14-15H2,1H3,(H,27,35)(H,32,33)(H,25,28,31)(H,26,29,34)/t18-/m0/s1. The number of carboxylic acid groups (broad SMARTS) is 1. The molecule has 12 nitrogen and oxygen atoms in total. The Morgan fingerprint density at radius 2 is 1.86 bits per heavy atom. The fraction of sp³-hybridized carbons (Fsp3) is 0.250. The van der Waals surface area contributed by atoms with Crippen LogP contribution in [-0.2, 0) is 27.5 Å². The summed E-state index contributed by atoms with van der Waals surface area (Å²) in [5.74, 6) is -0.895. The maximum atomic E-state index is 12.5. The van der Waals surface area contributed by atoms with E-state index in [9.17, 15) is 24.3 Å². The molecule has 0 unspecified atom stereocenters. The van der Waals surface area contributed by atoms with E-state index in [0.29, 0.717) is 11.4 Å². The molecule has 0 saturated carbocycles. The number of rotatable bonds is 11. The zero-order valence-corrected chi connectivity index (χ0v) is 19.5. The van der Waals surface area contributed by atoms with Gasteiger partial charge in [-0.2, -0.15) is 4.98 Å². The number of nitrogens with zero attached hydrogens (tertiary/aromatic N) is 3. The van der Waals surface area contributed by atoms with Gasteiger partial charge in [0.05, 0.1) is 6.54 Å². The number of benzene rings is 1. The number of carbonyl (C=O) groups is 3. The molecular weight excluding hydrogens is 468 g/mol. The Balaban J connectivity index is 1.54. The number of hydrogen-bond donors (Lipinski definition) is 4. The van der Waals surface area contributed by atoms with Gasteiger partial charge in [0.15, 0.2) is 0 Å². The highest BCUT2D eigenvalue weighted by molar-refractivity contribution is 5.90. The molecule has 12 heteroatoms. The molecule has 0 fully saturated rings. The lowest BCUT2D eigenvalue weighted by Crippen LogP contribution is -2.45. The Kier molecular flexibility index (Phi) is 9.09. The summed E-state index contributed by atoms with van der Waals surface area (Å²) in [6, 6.07) is 12.7. The van der Waals surface area contributed by atoms with Crippen molar-refractivity contribution in [3.8, 4) is 0 Å². The molecule has 0 bridgehead atoms. The van der Waals surface area contributed by atoms with Gasteiger partial charge >= 0.3 is 17.8 Å². The number of nitrogens with one attached hydrogen (secondary N) is 3. The van der Waals surface area contributed by atoms with E-state index in [1.54, 1.807) is 55.6 Å². The van der Waals surface area contributed by atoms with Crippen LogP contribution < -0.4 is 21.6 Å². The zero-order chi connectivity index (χ0) is 25.9. The lowest BCUT2D eigenvalue weighted by atomic mass is 10.2. The van der Waals surface area contributed by atoms with Crippen molar-refractivity contribution in [2.24, 2.45) is 0 Å². The van der Waals surface area contributed by atoms with Crippen molar-refractivity contribution in [3.05, 3.63) is 82.5 Å². The molecule has 0 aliphatic heterocycles. The molecule has 3 aromatic rings. The minimum absolute atomic E-state index is 0.0279. The smallest absolute Gasteiger partial charge is 0.408 e. The van der Waals surface area contributed by atoms with Gasteiger partial charge in [-0.25, -0.2) is 19.4 Å². The second kappa shape index (κ2) is 12.6. The number of hydrogen-bond acceptors (Lipinski definition) is 8. The molecule has 2 amide bonds. The van der Waals surface area contributed by atoms with E-state index < -0.39 is 23.8 Å². The number of alkyl carbamates (subject to hydrolysis) is 1. The van der Waals surface area contributed by atoms with Crippen LogP contribution in [0.1, 0.15) is 17.5 Å². The van der Waals surface area contributed by atoms with Gasteiger partial charge in [-0.05, 0) is 24.6 Å². The van der Waals surface area contributed by atoms with Gasteiger partial charge in [-0.1, -0.05) is 36.4 Å². The van der Waals surface area contributed by atoms with Gasteiger partial charge in [0.1, 0.15) is 24.3 Å². The Labute approximate surface area is 206 Å². The summed E-state index contributed by atoms with van der Waals surface area (Å²) in [4.78, 5) is 56.2. The van der Waals surface area contributed by atoms with Crippen LogP contribution in [0.5, 0.6) is 0 Å². The van der Waals surface area contributed by atoms with Crippen LogP contribution in [-0.4, -0.2) is 50.2 Å². The summed E-state index contributed by atoms with van der Waals surface area (Å²) in [6.07, 6.45) is 2.18. The highest BCUT2D eigenvalue weighted by Gasteiger charge is 2.22. The topological polar surface area (TPSA) is 165 Å². The SMILES string of the molecule is Cc1cn(C[C@H](NC(=O)OCc2ccccc2)C(=O)O)c(=O)nc1NCCC(=O)Nc1ccccn1. The lowest BCUT2D eigenvalue weighted by Gasteiger charge is -2.17. The minimum Gasteiger partial charge on any atom is -0.480 e. The first-order valence-corrected chi connectivity index (χ1v) is 11.0. The average molecular weight is 495 g/mol. The normalized spacial score (nSPS) is 11.2. The highest BCUT2D eigenvalue weighted by atomic mass is 16.5. The number of carboxylic acids is 1. The molecule has 0 spiro atoms. The van der Waals surface area contributed by atoms with E-state index >= 15 is 0 Å². The number of ether oxygens (including phenoxy) is 1. The lowest BCUT2D eigenvalue weighted by molar-refractivity contribution is -0.139.